The Bertz CT molecular complexity index is 571. The van der Waals surface area contributed by atoms with Crippen LogP contribution < -0.4 is 5.32 Å². The van der Waals surface area contributed by atoms with Crippen LogP contribution in [-0.2, 0) is 10.2 Å². The highest BCUT2D eigenvalue weighted by Crippen LogP contribution is 2.47. The smallest absolute Gasteiger partial charge is 0.269 e. The minimum absolute atomic E-state index is 0.266. The van der Waals surface area contributed by atoms with Gasteiger partial charge in [-0.25, -0.2) is 0 Å². The molecule has 2 N–H and O–H groups in total. The standard InChI is InChI=1S/C15H16N2O2/c1-10(18)13(9-16)14(19)17-12-5-3-11(4-6-12)15(2)7-8-15/h3-6,18H,7-8H2,1-2H3,(H,17,19)/b13-10-. The maximum absolute atomic E-state index is 11.7. The molecule has 98 valence electrons. The van der Waals surface area contributed by atoms with Gasteiger partial charge in [-0.15, -0.1) is 0 Å². The number of rotatable bonds is 3. The van der Waals surface area contributed by atoms with E-state index in [0.29, 0.717) is 11.1 Å². The molecule has 0 bridgehead atoms. The Labute approximate surface area is 112 Å². The molecule has 1 saturated carbocycles. The van der Waals surface area contributed by atoms with Crippen molar-refractivity contribution in [3.63, 3.8) is 0 Å². The number of aliphatic hydroxyl groups is 1. The summed E-state index contributed by atoms with van der Waals surface area (Å²) in [6.45, 7) is 3.53. The fourth-order valence-corrected chi connectivity index (χ4v) is 1.92. The van der Waals surface area contributed by atoms with Crippen LogP contribution in [0.3, 0.4) is 0 Å². The molecular weight excluding hydrogens is 240 g/mol. The van der Waals surface area contributed by atoms with Gasteiger partial charge in [-0.2, -0.15) is 5.26 Å². The second-order valence-corrected chi connectivity index (χ2v) is 5.16. The Morgan fingerprint density at radius 1 is 1.37 bits per heavy atom. The van der Waals surface area contributed by atoms with E-state index in [1.54, 1.807) is 6.07 Å². The second-order valence-electron chi connectivity index (χ2n) is 5.16. The van der Waals surface area contributed by atoms with E-state index in [0.717, 1.165) is 0 Å². The first-order valence-electron chi connectivity index (χ1n) is 6.18. The van der Waals surface area contributed by atoms with Crippen molar-refractivity contribution in [2.45, 2.75) is 32.1 Å². The van der Waals surface area contributed by atoms with Crippen LogP contribution in [0.5, 0.6) is 0 Å². The Hall–Kier alpha value is -2.28. The van der Waals surface area contributed by atoms with Gasteiger partial charge >= 0.3 is 0 Å². The molecule has 1 aliphatic rings. The third-order valence-electron chi connectivity index (χ3n) is 3.54. The zero-order chi connectivity index (χ0) is 14.0. The lowest BCUT2D eigenvalue weighted by molar-refractivity contribution is -0.112. The van der Waals surface area contributed by atoms with E-state index in [1.165, 1.54) is 25.3 Å². The molecule has 0 saturated heterocycles. The highest BCUT2D eigenvalue weighted by molar-refractivity contribution is 6.06. The van der Waals surface area contributed by atoms with Crippen LogP contribution in [0.4, 0.5) is 5.69 Å². The Morgan fingerprint density at radius 2 is 1.95 bits per heavy atom. The molecule has 19 heavy (non-hydrogen) atoms. The first-order chi connectivity index (χ1) is 8.96. The predicted octanol–water partition coefficient (Wildman–Crippen LogP) is 3.03. The molecule has 0 radical (unpaired) electrons. The van der Waals surface area contributed by atoms with E-state index in [4.69, 9.17) is 5.26 Å². The van der Waals surface area contributed by atoms with Gasteiger partial charge in [0.05, 0.1) is 0 Å². The third-order valence-corrected chi connectivity index (χ3v) is 3.54. The molecule has 4 nitrogen and oxygen atoms in total. The molecule has 0 aliphatic heterocycles. The van der Waals surface area contributed by atoms with Crippen LogP contribution >= 0.6 is 0 Å². The van der Waals surface area contributed by atoms with E-state index >= 15 is 0 Å². The van der Waals surface area contributed by atoms with Crippen LogP contribution in [0.1, 0.15) is 32.3 Å². The summed E-state index contributed by atoms with van der Waals surface area (Å²) >= 11 is 0. The normalized spacial score (nSPS) is 17.1. The second kappa shape index (κ2) is 4.77. The first-order valence-corrected chi connectivity index (χ1v) is 6.18. The van der Waals surface area contributed by atoms with Crippen molar-refractivity contribution < 1.29 is 9.90 Å². The molecule has 0 spiro atoms. The molecular formula is C15H16N2O2. The van der Waals surface area contributed by atoms with Gasteiger partial charge in [-0.1, -0.05) is 19.1 Å². The minimum atomic E-state index is -0.590. The summed E-state index contributed by atoms with van der Waals surface area (Å²) in [5.41, 5.74) is 1.91. The number of carbonyl (C=O) groups is 1. The van der Waals surface area contributed by atoms with E-state index in [1.807, 2.05) is 24.3 Å². The zero-order valence-corrected chi connectivity index (χ0v) is 11.0. The van der Waals surface area contributed by atoms with Gasteiger partial charge in [0.2, 0.25) is 0 Å². The van der Waals surface area contributed by atoms with Gasteiger partial charge in [0.25, 0.3) is 5.91 Å². The number of amides is 1. The van der Waals surface area contributed by atoms with Crippen molar-refractivity contribution in [3.05, 3.63) is 41.2 Å². The maximum atomic E-state index is 11.7. The minimum Gasteiger partial charge on any atom is -0.511 e. The topological polar surface area (TPSA) is 73.1 Å². The monoisotopic (exact) mass is 256 g/mol. The molecule has 0 aromatic heterocycles. The Balaban J connectivity index is 2.10. The Kier molecular flexibility index (Phi) is 3.30. The molecule has 1 fully saturated rings. The highest BCUT2D eigenvalue weighted by atomic mass is 16.3. The largest absolute Gasteiger partial charge is 0.511 e. The number of nitrogens with zero attached hydrogens (tertiary/aromatic N) is 1. The summed E-state index contributed by atoms with van der Waals surface area (Å²) in [5.74, 6) is -0.866. The maximum Gasteiger partial charge on any atom is 0.269 e. The van der Waals surface area contributed by atoms with Crippen molar-refractivity contribution in [2.24, 2.45) is 0 Å². The van der Waals surface area contributed by atoms with E-state index < -0.39 is 5.91 Å². The fourth-order valence-electron chi connectivity index (χ4n) is 1.92. The fraction of sp³-hybridized carbons (Fsp3) is 0.333. The van der Waals surface area contributed by atoms with Crippen molar-refractivity contribution >= 4 is 11.6 Å². The lowest BCUT2D eigenvalue weighted by Gasteiger charge is -2.10. The van der Waals surface area contributed by atoms with Gasteiger partial charge in [0.15, 0.2) is 5.57 Å². The van der Waals surface area contributed by atoms with Gasteiger partial charge < -0.3 is 10.4 Å². The van der Waals surface area contributed by atoms with E-state index in [-0.39, 0.29) is 11.3 Å². The van der Waals surface area contributed by atoms with Crippen molar-refractivity contribution in [3.8, 4) is 6.07 Å². The Morgan fingerprint density at radius 3 is 2.37 bits per heavy atom. The summed E-state index contributed by atoms with van der Waals surface area (Å²) in [6, 6.07) is 9.30. The van der Waals surface area contributed by atoms with Crippen molar-refractivity contribution in [1.82, 2.24) is 0 Å². The first kappa shape index (κ1) is 13.2. The quantitative estimate of drug-likeness (QED) is 0.496. The van der Waals surface area contributed by atoms with E-state index in [2.05, 4.69) is 12.2 Å². The molecule has 1 amide bonds. The number of hydrogen-bond donors (Lipinski definition) is 2. The van der Waals surface area contributed by atoms with Crippen molar-refractivity contribution in [2.75, 3.05) is 5.32 Å². The summed E-state index contributed by atoms with van der Waals surface area (Å²) in [7, 11) is 0. The molecule has 1 aromatic carbocycles. The molecule has 0 unspecified atom stereocenters. The lowest BCUT2D eigenvalue weighted by Crippen LogP contribution is -2.15. The molecule has 1 aliphatic carbocycles. The van der Waals surface area contributed by atoms with Gasteiger partial charge in [0, 0.05) is 5.69 Å². The van der Waals surface area contributed by atoms with Crippen LogP contribution in [0.15, 0.2) is 35.6 Å². The van der Waals surface area contributed by atoms with E-state index in [9.17, 15) is 9.90 Å². The van der Waals surface area contributed by atoms with Crippen LogP contribution in [-0.4, -0.2) is 11.0 Å². The third kappa shape index (κ3) is 2.76. The summed E-state index contributed by atoms with van der Waals surface area (Å²) in [5, 5.41) is 20.6. The number of allylic oxidation sites excluding steroid dienone is 1. The number of anilines is 1. The number of benzene rings is 1. The average molecular weight is 256 g/mol. The number of aliphatic hydroxyl groups excluding tert-OH is 1. The lowest BCUT2D eigenvalue weighted by atomic mass is 9.98. The number of nitrogens with one attached hydrogen (secondary N) is 1. The van der Waals surface area contributed by atoms with Gasteiger partial charge in [-0.3, -0.25) is 4.79 Å². The van der Waals surface area contributed by atoms with Gasteiger partial charge in [-0.05, 0) is 42.9 Å². The van der Waals surface area contributed by atoms with Crippen LogP contribution in [0, 0.1) is 11.3 Å². The highest BCUT2D eigenvalue weighted by Gasteiger charge is 2.38. The van der Waals surface area contributed by atoms with Crippen molar-refractivity contribution in [1.29, 1.82) is 5.26 Å². The molecule has 2 rings (SSSR count). The number of hydrogen-bond acceptors (Lipinski definition) is 3. The molecule has 0 atom stereocenters. The van der Waals surface area contributed by atoms with Crippen LogP contribution in [0.25, 0.3) is 0 Å². The predicted molar refractivity (Wildman–Crippen MR) is 72.6 cm³/mol. The zero-order valence-electron chi connectivity index (χ0n) is 11.0. The number of carbonyl (C=O) groups excluding carboxylic acids is 1. The average Bonchev–Trinajstić information content (AvgIpc) is 3.09. The summed E-state index contributed by atoms with van der Waals surface area (Å²) < 4.78 is 0. The number of nitriles is 1. The summed E-state index contributed by atoms with van der Waals surface area (Å²) in [6.07, 6.45) is 2.40. The van der Waals surface area contributed by atoms with Crippen LogP contribution in [0.2, 0.25) is 0 Å². The molecule has 1 aromatic rings. The SMILES string of the molecule is C/C(O)=C(\C#N)C(=O)Nc1ccc(C2(C)CC2)cc1. The summed E-state index contributed by atoms with van der Waals surface area (Å²) in [4.78, 5) is 11.7. The molecule has 4 heteroatoms. The molecule has 0 heterocycles. The van der Waals surface area contributed by atoms with Gasteiger partial charge in [0.1, 0.15) is 11.8 Å².